The molecule has 26 heteroatoms. The van der Waals surface area contributed by atoms with Gasteiger partial charge < -0.3 is 54.6 Å². The number of amides is 1. The molecular formula is C35H35N6O17P3. The lowest BCUT2D eigenvalue weighted by Gasteiger charge is -2.36. The summed E-state index contributed by atoms with van der Waals surface area (Å²) in [6, 6.07) is 13.5. The van der Waals surface area contributed by atoms with Gasteiger partial charge in [-0.2, -0.15) is 13.7 Å². The molecule has 3 aliphatic rings. The Bertz CT molecular complexity index is 2660. The number of carbonyl (C=O) groups is 2. The molecule has 0 saturated carbocycles. The van der Waals surface area contributed by atoms with Crippen LogP contribution >= 0.6 is 23.5 Å². The van der Waals surface area contributed by atoms with Crippen LogP contribution in [0.25, 0.3) is 11.0 Å². The molecule has 4 unspecified atom stereocenters. The highest BCUT2D eigenvalue weighted by molar-refractivity contribution is 7.66. The molecule has 8 N–H and O–H groups in total. The molecule has 23 nitrogen and oxygen atoms in total. The summed E-state index contributed by atoms with van der Waals surface area (Å²) in [4.78, 5) is 71.8. The monoisotopic (exact) mass is 904 g/mol. The molecule has 3 aromatic carbocycles. The van der Waals surface area contributed by atoms with Crippen LogP contribution in [0, 0.1) is 0 Å². The Balaban J connectivity index is 0.851. The van der Waals surface area contributed by atoms with E-state index in [1.165, 1.54) is 53.6 Å². The van der Waals surface area contributed by atoms with Crippen molar-refractivity contribution in [2.45, 2.75) is 43.6 Å². The van der Waals surface area contributed by atoms with Crippen LogP contribution in [0.4, 0.5) is 5.82 Å². The predicted octanol–water partition coefficient (Wildman–Crippen LogP) is 4.45. The lowest BCUT2D eigenvalue weighted by atomic mass is 9.77. The van der Waals surface area contributed by atoms with Gasteiger partial charge in [-0.05, 0) is 68.1 Å². The molecule has 1 saturated heterocycles. The molecule has 2 aromatic heterocycles. The van der Waals surface area contributed by atoms with Crippen LogP contribution in [0.2, 0.25) is 0 Å². The number of rotatable bonds is 15. The molecule has 5 aromatic rings. The zero-order chi connectivity index (χ0) is 43.3. The van der Waals surface area contributed by atoms with E-state index < -0.39 is 54.0 Å². The molecule has 61 heavy (non-hydrogen) atoms. The number of fused-ring (bicyclic) bond motifs is 7. The highest BCUT2D eigenvalue weighted by Crippen LogP contribution is 2.66. The average molecular weight is 905 g/mol. The van der Waals surface area contributed by atoms with E-state index in [-0.39, 0.29) is 40.0 Å². The van der Waals surface area contributed by atoms with Gasteiger partial charge in [-0.25, -0.2) is 33.1 Å². The summed E-state index contributed by atoms with van der Waals surface area (Å²) in [7, 11) is -16.5. The Kier molecular flexibility index (Phi) is 11.3. The first kappa shape index (κ1) is 42.4. The first-order valence-corrected chi connectivity index (χ1v) is 22.8. The maximum absolute atomic E-state index is 13.4. The van der Waals surface area contributed by atoms with Crippen LogP contribution in [-0.4, -0.2) is 87.2 Å². The molecule has 1 amide bonds. The number of esters is 1. The van der Waals surface area contributed by atoms with E-state index >= 15 is 0 Å². The minimum absolute atomic E-state index is 0.0821. The van der Waals surface area contributed by atoms with E-state index in [1.807, 2.05) is 0 Å². The summed E-state index contributed by atoms with van der Waals surface area (Å²) in [6.45, 7) is 0.184. The van der Waals surface area contributed by atoms with Crippen LogP contribution in [0.3, 0.4) is 0 Å². The average Bonchev–Trinajstić information content (AvgIpc) is 3.90. The van der Waals surface area contributed by atoms with E-state index in [2.05, 4.69) is 34.3 Å². The summed E-state index contributed by atoms with van der Waals surface area (Å²) in [5.74, 6) is -0.251. The Morgan fingerprint density at radius 1 is 0.869 bits per heavy atom. The maximum Gasteiger partial charge on any atom is 0.490 e. The number of ether oxygens (including phenoxy) is 3. The minimum Gasteiger partial charge on any atom is -0.508 e. The zero-order valence-corrected chi connectivity index (χ0v) is 33.9. The molecule has 0 bridgehead atoms. The van der Waals surface area contributed by atoms with Crippen molar-refractivity contribution in [2.75, 3.05) is 25.0 Å². The molecule has 322 valence electrons. The number of nitrogens with zero attached hydrogens (tertiary/aromatic N) is 4. The highest BCUT2D eigenvalue weighted by atomic mass is 31.3. The second-order valence-electron chi connectivity index (χ2n) is 13.9. The fourth-order valence-electron chi connectivity index (χ4n) is 7.28. The van der Waals surface area contributed by atoms with E-state index in [4.69, 9.17) is 28.5 Å². The van der Waals surface area contributed by atoms with Gasteiger partial charge in [0.2, 0.25) is 0 Å². The summed E-state index contributed by atoms with van der Waals surface area (Å²) >= 11 is 0. The van der Waals surface area contributed by atoms with Crippen molar-refractivity contribution in [3.63, 3.8) is 0 Å². The molecule has 4 atom stereocenters. The number of phosphoric ester groups is 1. The first-order valence-electron chi connectivity index (χ1n) is 18.3. The molecule has 0 radical (unpaired) electrons. The number of phenolic OH excluding ortho intramolecular Hbond substituents is 2. The normalized spacial score (nSPS) is 19.6. The van der Waals surface area contributed by atoms with Crippen molar-refractivity contribution in [3.05, 3.63) is 94.9 Å². The van der Waals surface area contributed by atoms with E-state index in [1.54, 1.807) is 18.2 Å². The standard InChI is InChI=1S/C35H35N6O17P3/c42-20-4-8-25-28(14-20)55-29-15-21(43)5-9-26(29)35(25)27-13-19(3-7-23(27)34(45)56-35)33(44)37-12-2-1-11-36-31-24-16-40-41(32(24)39-18-38-31)30-10-6-22(54-30)17-53-60(49,50)58-61(51,52)57-59(46,47)48/h3-5,7-9,13-16,18,22,30,42-43H,1-2,6,10-12,17H2,(H,37,44)(H,49,50)(H,51,52)(H,36,38,39)(H2,46,47,48). The molecule has 3 aliphatic heterocycles. The summed E-state index contributed by atoms with van der Waals surface area (Å²) in [6.07, 6.45) is 3.23. The molecule has 8 rings (SSSR count). The van der Waals surface area contributed by atoms with Gasteiger partial charge in [-0.15, -0.1) is 0 Å². The van der Waals surface area contributed by atoms with Gasteiger partial charge >= 0.3 is 29.4 Å². The number of hydrogen-bond donors (Lipinski definition) is 8. The Labute approximate surface area is 343 Å². The predicted molar refractivity (Wildman–Crippen MR) is 206 cm³/mol. The van der Waals surface area contributed by atoms with Crippen molar-refractivity contribution in [1.29, 1.82) is 0 Å². The minimum atomic E-state index is -5.66. The SMILES string of the molecule is O=C(NCCCCNc1ncnc2c1cnn2C1CCC(COP(=O)(O)OP(=O)(O)OP(=O)(O)O)O1)c1ccc2c(c1)C1(OC2=O)c2ccc(O)cc2Oc2cc(O)ccc21. The largest absolute Gasteiger partial charge is 0.508 e. The number of aromatic nitrogens is 4. The van der Waals surface area contributed by atoms with Gasteiger partial charge in [0.15, 0.2) is 17.5 Å². The number of anilines is 1. The number of phosphoric acid groups is 3. The van der Waals surface area contributed by atoms with Gasteiger partial charge in [0.05, 0.1) is 29.9 Å². The van der Waals surface area contributed by atoms with E-state index in [0.717, 1.165) is 0 Å². The maximum atomic E-state index is 13.4. The van der Waals surface area contributed by atoms with Crippen LogP contribution < -0.4 is 15.4 Å². The lowest BCUT2D eigenvalue weighted by Crippen LogP contribution is -2.33. The summed E-state index contributed by atoms with van der Waals surface area (Å²) in [5, 5.41) is 31.5. The van der Waals surface area contributed by atoms with Crippen molar-refractivity contribution >= 4 is 52.2 Å². The van der Waals surface area contributed by atoms with Crippen LogP contribution in [0.5, 0.6) is 23.0 Å². The number of aromatic hydroxyl groups is 2. The van der Waals surface area contributed by atoms with E-state index in [9.17, 15) is 43.3 Å². The third kappa shape index (κ3) is 8.77. The summed E-state index contributed by atoms with van der Waals surface area (Å²) in [5.41, 5.74) is 0.697. The number of unbranched alkanes of at least 4 members (excludes halogenated alkanes) is 1. The number of nitrogens with one attached hydrogen (secondary N) is 2. The molecule has 1 spiro atoms. The van der Waals surface area contributed by atoms with Crippen LogP contribution in [0.1, 0.15) is 69.3 Å². The van der Waals surface area contributed by atoms with Crippen LogP contribution in [0.15, 0.2) is 67.1 Å². The van der Waals surface area contributed by atoms with Gasteiger partial charge in [-0.3, -0.25) is 9.32 Å². The summed E-state index contributed by atoms with van der Waals surface area (Å²) < 4.78 is 66.1. The van der Waals surface area contributed by atoms with Crippen molar-refractivity contribution in [1.82, 2.24) is 25.1 Å². The van der Waals surface area contributed by atoms with Crippen LogP contribution in [-0.2, 0) is 41.9 Å². The zero-order valence-electron chi connectivity index (χ0n) is 31.3. The first-order chi connectivity index (χ1) is 28.9. The second kappa shape index (κ2) is 16.2. The van der Waals surface area contributed by atoms with E-state index in [0.29, 0.717) is 72.3 Å². The molecular weight excluding hydrogens is 869 g/mol. The fourth-order valence-corrected chi connectivity index (χ4v) is 10.3. The number of phenols is 2. The van der Waals surface area contributed by atoms with Gasteiger partial charge in [0.1, 0.15) is 35.1 Å². The topological polar surface area (TPSA) is 330 Å². The lowest BCUT2D eigenvalue weighted by molar-refractivity contribution is -0.0259. The quantitative estimate of drug-likeness (QED) is 0.0409. The highest BCUT2D eigenvalue weighted by Gasteiger charge is 2.54. The molecule has 1 fully saturated rings. The third-order valence-electron chi connectivity index (χ3n) is 9.81. The fraction of sp³-hybridized carbons (Fsp3) is 0.286. The van der Waals surface area contributed by atoms with Gasteiger partial charge in [0.25, 0.3) is 5.91 Å². The van der Waals surface area contributed by atoms with Gasteiger partial charge in [-0.1, -0.05) is 0 Å². The smallest absolute Gasteiger partial charge is 0.490 e. The van der Waals surface area contributed by atoms with Crippen molar-refractivity contribution in [2.24, 2.45) is 0 Å². The Morgan fingerprint density at radius 2 is 1.57 bits per heavy atom. The van der Waals surface area contributed by atoms with Crippen molar-refractivity contribution < 1.29 is 80.4 Å². The molecule has 5 heterocycles. The number of hydrogen-bond acceptors (Lipinski definition) is 17. The second-order valence-corrected chi connectivity index (χ2v) is 18.3. The van der Waals surface area contributed by atoms with Gasteiger partial charge in [0, 0.05) is 47.5 Å². The Morgan fingerprint density at radius 3 is 2.28 bits per heavy atom. The number of benzene rings is 3. The molecule has 0 aliphatic carbocycles. The third-order valence-corrected chi connectivity index (χ3v) is 13.6. The van der Waals surface area contributed by atoms with Crippen molar-refractivity contribution in [3.8, 4) is 23.0 Å². The Hall–Kier alpha value is -5.28. The number of carbonyl (C=O) groups excluding carboxylic acids is 2.